The number of fused-ring (bicyclic) bond motifs is 1. The van der Waals surface area contributed by atoms with Gasteiger partial charge in [0.1, 0.15) is 0 Å². The molecule has 1 heterocycles. The molecule has 2 aromatic carbocycles. The van der Waals surface area contributed by atoms with E-state index in [2.05, 4.69) is 42.2 Å². The van der Waals surface area contributed by atoms with E-state index >= 15 is 0 Å². The van der Waals surface area contributed by atoms with Crippen LogP contribution in [0.15, 0.2) is 48.0 Å². The van der Waals surface area contributed by atoms with E-state index in [1.807, 2.05) is 6.07 Å². The fraction of sp³-hybridized carbons (Fsp3) is 0.531. The van der Waals surface area contributed by atoms with Crippen molar-refractivity contribution in [1.82, 2.24) is 4.90 Å². The molecule has 2 fully saturated rings. The van der Waals surface area contributed by atoms with Crippen LogP contribution in [0.2, 0.25) is 0 Å². The molecule has 0 amide bonds. The second kappa shape index (κ2) is 12.6. The van der Waals surface area contributed by atoms with Crippen LogP contribution < -0.4 is 0 Å². The van der Waals surface area contributed by atoms with Gasteiger partial charge in [-0.25, -0.2) is 4.79 Å². The van der Waals surface area contributed by atoms with Gasteiger partial charge in [0.2, 0.25) is 0 Å². The summed E-state index contributed by atoms with van der Waals surface area (Å²) >= 11 is 0. The van der Waals surface area contributed by atoms with Crippen molar-refractivity contribution in [3.05, 3.63) is 75.9 Å². The van der Waals surface area contributed by atoms with Gasteiger partial charge in [-0.15, -0.1) is 12.4 Å². The molecule has 1 saturated heterocycles. The Morgan fingerprint density at radius 1 is 1.05 bits per heavy atom. The molecular formula is C32H41ClFNO2. The maximum absolute atomic E-state index is 12.4. The van der Waals surface area contributed by atoms with Gasteiger partial charge in [-0.2, -0.15) is 0 Å². The molecule has 37 heavy (non-hydrogen) atoms. The normalized spacial score (nSPS) is 22.5. The number of likely N-dealkylation sites (tertiary alicyclic amines) is 1. The number of aromatic carboxylic acids is 1. The van der Waals surface area contributed by atoms with Crippen LogP contribution in [0.3, 0.4) is 0 Å². The number of nitrogens with zero attached hydrogens (tertiary/aromatic N) is 1. The van der Waals surface area contributed by atoms with Crippen LogP contribution in [0.4, 0.5) is 4.39 Å². The maximum Gasteiger partial charge on any atom is 0.335 e. The smallest absolute Gasteiger partial charge is 0.335 e. The zero-order chi connectivity index (χ0) is 25.1. The third-order valence-corrected chi connectivity index (χ3v) is 8.67. The van der Waals surface area contributed by atoms with Crippen LogP contribution in [0, 0.1) is 17.8 Å². The lowest BCUT2D eigenvalue weighted by Gasteiger charge is -2.39. The zero-order valence-electron chi connectivity index (χ0n) is 22.1. The third kappa shape index (κ3) is 6.46. The number of alkyl halides is 1. The van der Waals surface area contributed by atoms with Crippen molar-refractivity contribution in [3.8, 4) is 0 Å². The molecule has 2 atom stereocenters. The Hall–Kier alpha value is -2.17. The lowest BCUT2D eigenvalue weighted by Crippen LogP contribution is -2.47. The summed E-state index contributed by atoms with van der Waals surface area (Å²) in [5.41, 5.74) is 8.41. The van der Waals surface area contributed by atoms with E-state index in [0.29, 0.717) is 23.8 Å². The van der Waals surface area contributed by atoms with Gasteiger partial charge in [-0.1, -0.05) is 55.7 Å². The molecule has 1 N–H and O–H groups in total. The summed E-state index contributed by atoms with van der Waals surface area (Å²) in [6, 6.07) is 15.0. The molecule has 3 nitrogen and oxygen atoms in total. The summed E-state index contributed by atoms with van der Waals surface area (Å²) in [6.45, 7) is 5.21. The van der Waals surface area contributed by atoms with Crippen LogP contribution in [-0.4, -0.2) is 42.3 Å². The minimum atomic E-state index is -0.850. The van der Waals surface area contributed by atoms with E-state index in [-0.39, 0.29) is 19.1 Å². The summed E-state index contributed by atoms with van der Waals surface area (Å²) in [5.74, 6) is 1.21. The van der Waals surface area contributed by atoms with E-state index in [0.717, 1.165) is 51.2 Å². The zero-order valence-corrected chi connectivity index (χ0v) is 22.9. The lowest BCUT2D eigenvalue weighted by atomic mass is 9.74. The number of carboxylic acid groups (broad SMARTS) is 1. The first kappa shape index (κ1) is 27.9. The fourth-order valence-electron chi connectivity index (χ4n) is 6.86. The fourth-order valence-corrected chi connectivity index (χ4v) is 6.86. The first-order chi connectivity index (χ1) is 17.5. The van der Waals surface area contributed by atoms with Crippen molar-refractivity contribution in [2.45, 2.75) is 64.7 Å². The van der Waals surface area contributed by atoms with Gasteiger partial charge in [0.15, 0.2) is 0 Å². The summed E-state index contributed by atoms with van der Waals surface area (Å²) in [7, 11) is 0. The van der Waals surface area contributed by atoms with Gasteiger partial charge < -0.3 is 10.0 Å². The number of benzene rings is 2. The second-order valence-electron chi connectivity index (χ2n) is 11.5. The molecule has 2 aliphatic carbocycles. The Bertz CT molecular complexity index is 1110. The standard InChI is InChI=1S/C32H40FNO2.ClH/c1-22-5-2-6-26(17-22)29-8-3-7-27-19-28(32(35)36)13-14-30(27)31(29)25-11-9-23(10-12-25)18-24-20-34(21-24)16-4-15-33;/h9-14,19,22,24,26H,2-8,15-18,20-21H2,1H3,(H,35,36);1H/t22-,26+;/m1./s1. The molecule has 0 radical (unpaired) electrons. The highest BCUT2D eigenvalue weighted by molar-refractivity contribution is 5.90. The molecule has 200 valence electrons. The summed E-state index contributed by atoms with van der Waals surface area (Å²) in [5, 5.41) is 9.58. The lowest BCUT2D eigenvalue weighted by molar-refractivity contribution is 0.0696. The maximum atomic E-state index is 12.4. The Morgan fingerprint density at radius 3 is 2.54 bits per heavy atom. The van der Waals surface area contributed by atoms with Crippen LogP contribution in [0.5, 0.6) is 0 Å². The number of carbonyl (C=O) groups is 1. The number of carboxylic acids is 1. The highest BCUT2D eigenvalue weighted by atomic mass is 35.5. The monoisotopic (exact) mass is 525 g/mol. The second-order valence-corrected chi connectivity index (χ2v) is 11.5. The van der Waals surface area contributed by atoms with E-state index < -0.39 is 5.97 Å². The first-order valence-electron chi connectivity index (χ1n) is 14.0. The average molecular weight is 526 g/mol. The van der Waals surface area contributed by atoms with Gasteiger partial charge in [0.05, 0.1) is 12.2 Å². The van der Waals surface area contributed by atoms with Crippen molar-refractivity contribution in [1.29, 1.82) is 0 Å². The van der Waals surface area contributed by atoms with E-state index in [4.69, 9.17) is 0 Å². The third-order valence-electron chi connectivity index (χ3n) is 8.67. The molecule has 0 spiro atoms. The highest BCUT2D eigenvalue weighted by Gasteiger charge is 2.29. The predicted octanol–water partition coefficient (Wildman–Crippen LogP) is 7.61. The largest absolute Gasteiger partial charge is 0.478 e. The number of rotatable bonds is 8. The summed E-state index contributed by atoms with van der Waals surface area (Å²) in [6.07, 6.45) is 10.0. The number of hydrogen-bond acceptors (Lipinski definition) is 2. The van der Waals surface area contributed by atoms with Gasteiger partial charge in [0, 0.05) is 19.6 Å². The number of halogens is 2. The van der Waals surface area contributed by atoms with Crippen molar-refractivity contribution in [2.75, 3.05) is 26.3 Å². The van der Waals surface area contributed by atoms with E-state index in [1.54, 1.807) is 11.6 Å². The molecule has 5 heteroatoms. The van der Waals surface area contributed by atoms with Crippen molar-refractivity contribution >= 4 is 23.9 Å². The van der Waals surface area contributed by atoms with Crippen molar-refractivity contribution < 1.29 is 14.3 Å². The molecule has 1 aliphatic heterocycles. The number of hydrogen-bond donors (Lipinski definition) is 1. The van der Waals surface area contributed by atoms with Gasteiger partial charge in [-0.05, 0) is 103 Å². The van der Waals surface area contributed by atoms with Crippen LogP contribution >= 0.6 is 12.4 Å². The minimum absolute atomic E-state index is 0. The molecule has 5 rings (SSSR count). The van der Waals surface area contributed by atoms with Crippen LogP contribution in [0.1, 0.15) is 84.5 Å². The number of aryl methyl sites for hydroxylation is 1. The Labute approximate surface area is 227 Å². The van der Waals surface area contributed by atoms with Gasteiger partial charge in [0.25, 0.3) is 0 Å². The average Bonchev–Trinajstić information content (AvgIpc) is 3.05. The summed E-state index contributed by atoms with van der Waals surface area (Å²) < 4.78 is 12.4. The Morgan fingerprint density at radius 2 is 1.84 bits per heavy atom. The molecule has 0 aromatic heterocycles. The van der Waals surface area contributed by atoms with Crippen LogP contribution in [0.25, 0.3) is 5.57 Å². The topological polar surface area (TPSA) is 40.5 Å². The van der Waals surface area contributed by atoms with Gasteiger partial charge in [-0.3, -0.25) is 4.39 Å². The van der Waals surface area contributed by atoms with E-state index in [9.17, 15) is 14.3 Å². The molecule has 1 saturated carbocycles. The van der Waals surface area contributed by atoms with Crippen molar-refractivity contribution in [3.63, 3.8) is 0 Å². The van der Waals surface area contributed by atoms with Crippen LogP contribution in [-0.2, 0) is 12.8 Å². The molecule has 0 bridgehead atoms. The first-order valence-corrected chi connectivity index (χ1v) is 14.0. The Kier molecular flexibility index (Phi) is 9.47. The van der Waals surface area contributed by atoms with Crippen molar-refractivity contribution in [2.24, 2.45) is 17.8 Å². The Balaban J connectivity index is 0.00000320. The summed E-state index contributed by atoms with van der Waals surface area (Å²) in [4.78, 5) is 14.0. The van der Waals surface area contributed by atoms with E-state index in [1.165, 1.54) is 53.5 Å². The highest BCUT2D eigenvalue weighted by Crippen LogP contribution is 2.44. The number of allylic oxidation sites excluding steroid dienone is 1. The molecular weight excluding hydrogens is 485 g/mol. The molecule has 2 aromatic rings. The predicted molar refractivity (Wildman–Crippen MR) is 151 cm³/mol. The SMILES string of the molecule is C[C@@H]1CCC[C@H](C2=C(c3ccc(CC4CN(CCCF)C4)cc3)c3ccc(C(=O)O)cc3CCC2)C1.Cl. The van der Waals surface area contributed by atoms with Gasteiger partial charge >= 0.3 is 5.97 Å². The molecule has 0 unspecified atom stereocenters. The quantitative estimate of drug-likeness (QED) is 0.385. The molecule has 3 aliphatic rings. The minimum Gasteiger partial charge on any atom is -0.478 e.